The Morgan fingerprint density at radius 2 is 1.88 bits per heavy atom. The molecule has 1 heterocycles. The Balaban J connectivity index is 1.67. The minimum atomic E-state index is 0.396. The lowest BCUT2D eigenvalue weighted by Gasteiger charge is -2.27. The van der Waals surface area contributed by atoms with Gasteiger partial charge in [0.25, 0.3) is 0 Å². The average Bonchev–Trinajstić information content (AvgIpc) is 2.58. The quantitative estimate of drug-likeness (QED) is 0.770. The molecule has 16 heavy (non-hydrogen) atoms. The van der Waals surface area contributed by atoms with E-state index in [9.17, 15) is 0 Å². The van der Waals surface area contributed by atoms with Gasteiger partial charge in [-0.1, -0.05) is 18.9 Å². The first-order valence-electron chi connectivity index (χ1n) is 6.09. The highest BCUT2D eigenvalue weighted by atomic mass is 79.9. The summed E-state index contributed by atoms with van der Waals surface area (Å²) in [5.74, 6) is 2.59. The molecule has 1 unspecified atom stereocenters. The maximum atomic E-state index is 5.98. The SMILES string of the molecule is Brc1cccc(OC2C[C@H]3CC[C@@H](C2)C3)n1. The molecular formula is C13H16BrNO. The second-order valence-electron chi connectivity index (χ2n) is 5.05. The van der Waals surface area contributed by atoms with Crippen molar-refractivity contribution in [1.82, 2.24) is 4.98 Å². The van der Waals surface area contributed by atoms with Gasteiger partial charge in [-0.2, -0.15) is 0 Å². The van der Waals surface area contributed by atoms with E-state index in [-0.39, 0.29) is 0 Å². The first-order valence-corrected chi connectivity index (χ1v) is 6.88. The van der Waals surface area contributed by atoms with Crippen LogP contribution >= 0.6 is 15.9 Å². The molecule has 3 rings (SSSR count). The van der Waals surface area contributed by atoms with Crippen molar-refractivity contribution in [1.29, 1.82) is 0 Å². The van der Waals surface area contributed by atoms with E-state index >= 15 is 0 Å². The summed E-state index contributed by atoms with van der Waals surface area (Å²) < 4.78 is 6.83. The van der Waals surface area contributed by atoms with E-state index in [1.54, 1.807) is 0 Å². The van der Waals surface area contributed by atoms with Crippen LogP contribution in [0.2, 0.25) is 0 Å². The molecule has 2 aliphatic carbocycles. The van der Waals surface area contributed by atoms with Gasteiger partial charge in [0.1, 0.15) is 10.7 Å². The summed E-state index contributed by atoms with van der Waals surface area (Å²) in [7, 11) is 0. The minimum Gasteiger partial charge on any atom is -0.474 e. The predicted octanol–water partition coefficient (Wildman–Crippen LogP) is 3.80. The number of hydrogen-bond donors (Lipinski definition) is 0. The third-order valence-electron chi connectivity index (χ3n) is 3.82. The van der Waals surface area contributed by atoms with Gasteiger partial charge in [-0.3, -0.25) is 0 Å². The number of hydrogen-bond acceptors (Lipinski definition) is 2. The van der Waals surface area contributed by atoms with Gasteiger partial charge in [-0.05, 0) is 53.1 Å². The van der Waals surface area contributed by atoms with E-state index in [0.717, 1.165) is 22.3 Å². The Bertz CT molecular complexity index is 370. The van der Waals surface area contributed by atoms with Gasteiger partial charge in [0.2, 0.25) is 5.88 Å². The fourth-order valence-electron chi connectivity index (χ4n) is 3.17. The van der Waals surface area contributed by atoms with E-state index in [0.29, 0.717) is 6.10 Å². The first-order chi connectivity index (χ1) is 7.79. The Morgan fingerprint density at radius 3 is 2.56 bits per heavy atom. The smallest absolute Gasteiger partial charge is 0.214 e. The first kappa shape index (κ1) is 10.6. The summed E-state index contributed by atoms with van der Waals surface area (Å²) in [6.07, 6.45) is 7.11. The number of nitrogens with zero attached hydrogens (tertiary/aromatic N) is 1. The molecule has 2 fully saturated rings. The second kappa shape index (κ2) is 4.36. The molecule has 2 saturated carbocycles. The van der Waals surface area contributed by atoms with Crippen LogP contribution in [0.5, 0.6) is 5.88 Å². The highest BCUT2D eigenvalue weighted by Crippen LogP contribution is 2.42. The van der Waals surface area contributed by atoms with Crippen molar-refractivity contribution in [3.8, 4) is 5.88 Å². The maximum Gasteiger partial charge on any atom is 0.214 e. The zero-order valence-electron chi connectivity index (χ0n) is 9.23. The highest BCUT2D eigenvalue weighted by molar-refractivity contribution is 9.10. The molecule has 2 bridgehead atoms. The molecule has 0 aromatic carbocycles. The van der Waals surface area contributed by atoms with Crippen molar-refractivity contribution in [3.63, 3.8) is 0 Å². The van der Waals surface area contributed by atoms with E-state index in [1.165, 1.54) is 32.1 Å². The zero-order chi connectivity index (χ0) is 11.0. The van der Waals surface area contributed by atoms with Gasteiger partial charge in [0.15, 0.2) is 0 Å². The molecule has 0 aliphatic heterocycles. The molecule has 0 N–H and O–H groups in total. The van der Waals surface area contributed by atoms with Crippen molar-refractivity contribution in [3.05, 3.63) is 22.8 Å². The number of pyridine rings is 1. The molecule has 0 amide bonds. The summed E-state index contributed by atoms with van der Waals surface area (Å²) in [4.78, 5) is 4.33. The summed E-state index contributed by atoms with van der Waals surface area (Å²) in [5.41, 5.74) is 0. The molecular weight excluding hydrogens is 266 g/mol. The molecule has 0 radical (unpaired) electrons. The molecule has 2 nitrogen and oxygen atoms in total. The van der Waals surface area contributed by atoms with Gasteiger partial charge >= 0.3 is 0 Å². The van der Waals surface area contributed by atoms with Crippen molar-refractivity contribution in [2.75, 3.05) is 0 Å². The third-order valence-corrected chi connectivity index (χ3v) is 4.26. The van der Waals surface area contributed by atoms with Crippen molar-refractivity contribution < 1.29 is 4.74 Å². The van der Waals surface area contributed by atoms with Gasteiger partial charge in [0.05, 0.1) is 0 Å². The molecule has 3 atom stereocenters. The fraction of sp³-hybridized carbons (Fsp3) is 0.615. The minimum absolute atomic E-state index is 0.396. The molecule has 0 saturated heterocycles. The zero-order valence-corrected chi connectivity index (χ0v) is 10.8. The molecule has 1 aromatic heterocycles. The number of ether oxygens (including phenoxy) is 1. The van der Waals surface area contributed by atoms with Crippen LogP contribution in [-0.2, 0) is 0 Å². The Morgan fingerprint density at radius 1 is 1.12 bits per heavy atom. The lowest BCUT2D eigenvalue weighted by Crippen LogP contribution is -2.26. The van der Waals surface area contributed by atoms with Crippen LogP contribution in [0, 0.1) is 11.8 Å². The standard InChI is InChI=1S/C13H16BrNO/c14-12-2-1-3-13(15-12)16-11-7-9-4-5-10(6-9)8-11/h1-3,9-11H,4-8H2/t9-,10+,11?. The fourth-order valence-corrected chi connectivity index (χ4v) is 3.50. The van der Waals surface area contributed by atoms with Gasteiger partial charge in [-0.25, -0.2) is 4.98 Å². The largest absolute Gasteiger partial charge is 0.474 e. The number of halogens is 1. The Kier molecular flexibility index (Phi) is 2.88. The summed E-state index contributed by atoms with van der Waals surface area (Å²) in [5, 5.41) is 0. The van der Waals surface area contributed by atoms with Crippen molar-refractivity contribution >= 4 is 15.9 Å². The number of aromatic nitrogens is 1. The van der Waals surface area contributed by atoms with Crippen LogP contribution in [0.4, 0.5) is 0 Å². The van der Waals surface area contributed by atoms with Crippen LogP contribution in [0.15, 0.2) is 22.8 Å². The van der Waals surface area contributed by atoms with Crippen LogP contribution in [0.25, 0.3) is 0 Å². The summed E-state index contributed by atoms with van der Waals surface area (Å²) >= 11 is 3.37. The van der Waals surface area contributed by atoms with Crippen LogP contribution < -0.4 is 4.74 Å². The van der Waals surface area contributed by atoms with Crippen molar-refractivity contribution in [2.45, 2.75) is 38.2 Å². The summed E-state index contributed by atoms with van der Waals surface area (Å²) in [6, 6.07) is 5.85. The molecule has 86 valence electrons. The monoisotopic (exact) mass is 281 g/mol. The van der Waals surface area contributed by atoms with E-state index in [1.807, 2.05) is 18.2 Å². The maximum absolute atomic E-state index is 5.98. The van der Waals surface area contributed by atoms with Crippen LogP contribution in [0.3, 0.4) is 0 Å². The molecule has 1 aromatic rings. The topological polar surface area (TPSA) is 22.1 Å². The van der Waals surface area contributed by atoms with Crippen LogP contribution in [-0.4, -0.2) is 11.1 Å². The lowest BCUT2D eigenvalue weighted by molar-refractivity contribution is 0.113. The van der Waals surface area contributed by atoms with Gasteiger partial charge < -0.3 is 4.74 Å². The Hall–Kier alpha value is -0.570. The third kappa shape index (κ3) is 2.24. The second-order valence-corrected chi connectivity index (χ2v) is 5.87. The van der Waals surface area contributed by atoms with Crippen molar-refractivity contribution in [2.24, 2.45) is 11.8 Å². The summed E-state index contributed by atoms with van der Waals surface area (Å²) in [6.45, 7) is 0. The number of fused-ring (bicyclic) bond motifs is 2. The number of rotatable bonds is 2. The van der Waals surface area contributed by atoms with E-state index < -0.39 is 0 Å². The lowest BCUT2D eigenvalue weighted by atomic mass is 9.87. The highest BCUT2D eigenvalue weighted by Gasteiger charge is 2.35. The normalized spacial score (nSPS) is 32.7. The van der Waals surface area contributed by atoms with Gasteiger partial charge in [-0.15, -0.1) is 0 Å². The van der Waals surface area contributed by atoms with E-state index in [2.05, 4.69) is 20.9 Å². The predicted molar refractivity (Wildman–Crippen MR) is 66.4 cm³/mol. The average molecular weight is 282 g/mol. The molecule has 0 spiro atoms. The van der Waals surface area contributed by atoms with Crippen LogP contribution in [0.1, 0.15) is 32.1 Å². The molecule has 3 heteroatoms. The Labute approximate surface area is 105 Å². The van der Waals surface area contributed by atoms with Gasteiger partial charge in [0, 0.05) is 6.07 Å². The van der Waals surface area contributed by atoms with E-state index in [4.69, 9.17) is 4.74 Å². The molecule has 2 aliphatic rings.